The van der Waals surface area contributed by atoms with Crippen molar-refractivity contribution in [3.05, 3.63) is 94.4 Å². The number of hydrogen-bond donors (Lipinski definition) is 1. The number of nitriles is 1. The van der Waals surface area contributed by atoms with E-state index >= 15 is 0 Å². The summed E-state index contributed by atoms with van der Waals surface area (Å²) in [5.41, 5.74) is 2.80. The Labute approximate surface area is 240 Å². The predicted molar refractivity (Wildman–Crippen MR) is 157 cm³/mol. The van der Waals surface area contributed by atoms with Crippen molar-refractivity contribution in [2.24, 2.45) is 5.41 Å². The smallest absolute Gasteiger partial charge is 0.312 e. The fourth-order valence-corrected chi connectivity index (χ4v) is 7.63. The molecule has 206 valence electrons. The Balaban J connectivity index is 1.67. The van der Waals surface area contributed by atoms with Gasteiger partial charge in [0.2, 0.25) is 0 Å². The summed E-state index contributed by atoms with van der Waals surface area (Å²) in [6, 6.07) is 21.6. The number of rotatable bonds is 6. The molecule has 10 heteroatoms. The molecule has 1 fully saturated rings. The van der Waals surface area contributed by atoms with Gasteiger partial charge in [-0.15, -0.1) is 11.3 Å². The molecule has 7 nitrogen and oxygen atoms in total. The van der Waals surface area contributed by atoms with E-state index < -0.39 is 27.2 Å². The van der Waals surface area contributed by atoms with Crippen LogP contribution in [0.2, 0.25) is 0 Å². The zero-order chi connectivity index (χ0) is 29.1. The number of nitrogens with zero attached hydrogens (tertiary/aromatic N) is 3. The van der Waals surface area contributed by atoms with Crippen molar-refractivity contribution >= 4 is 43.9 Å². The van der Waals surface area contributed by atoms with Gasteiger partial charge in [-0.05, 0) is 67.8 Å². The summed E-state index contributed by atoms with van der Waals surface area (Å²) in [6.45, 7) is 4.16. The van der Waals surface area contributed by atoms with Crippen molar-refractivity contribution in [1.82, 2.24) is 3.97 Å². The second-order valence-electron chi connectivity index (χ2n) is 10.5. The Morgan fingerprint density at radius 2 is 1.80 bits per heavy atom. The first-order valence-electron chi connectivity index (χ1n) is 12.8. The normalized spacial score (nSPS) is 14.5. The van der Waals surface area contributed by atoms with Gasteiger partial charge in [0, 0.05) is 40.9 Å². The number of carboxylic acid groups (broad SMARTS) is 1. The Kier molecular flexibility index (Phi) is 6.25. The van der Waals surface area contributed by atoms with E-state index in [1.807, 2.05) is 24.0 Å². The van der Waals surface area contributed by atoms with Gasteiger partial charge in [-0.2, -0.15) is 5.26 Å². The van der Waals surface area contributed by atoms with E-state index in [1.165, 1.54) is 45.6 Å². The summed E-state index contributed by atoms with van der Waals surface area (Å²) in [5.74, 6) is -1.41. The van der Waals surface area contributed by atoms with E-state index in [0.29, 0.717) is 45.7 Å². The maximum atomic E-state index is 14.7. The van der Waals surface area contributed by atoms with Crippen LogP contribution in [0.15, 0.2) is 83.1 Å². The zero-order valence-electron chi connectivity index (χ0n) is 22.1. The quantitative estimate of drug-likeness (QED) is 0.244. The van der Waals surface area contributed by atoms with Gasteiger partial charge in [-0.3, -0.25) is 4.79 Å². The number of aliphatic carboxylic acids is 1. The molecule has 0 bridgehead atoms. The third-order valence-electron chi connectivity index (χ3n) is 7.56. The highest BCUT2D eigenvalue weighted by Crippen LogP contribution is 2.46. The summed E-state index contributed by atoms with van der Waals surface area (Å²) in [6.07, 6.45) is 0. The molecule has 1 aliphatic heterocycles. The highest BCUT2D eigenvalue weighted by molar-refractivity contribution is 7.90. The number of hydrogen-bond acceptors (Lipinski definition) is 6. The zero-order valence-corrected chi connectivity index (χ0v) is 23.8. The van der Waals surface area contributed by atoms with Gasteiger partial charge in [0.15, 0.2) is 0 Å². The fourth-order valence-electron chi connectivity index (χ4n) is 5.39. The number of aromatic nitrogens is 1. The molecule has 6 rings (SSSR count). The first-order chi connectivity index (χ1) is 19.5. The van der Waals surface area contributed by atoms with Crippen molar-refractivity contribution < 1.29 is 22.7 Å². The molecule has 0 aliphatic carbocycles. The van der Waals surface area contributed by atoms with Crippen LogP contribution in [-0.4, -0.2) is 36.6 Å². The highest BCUT2D eigenvalue weighted by atomic mass is 32.2. The van der Waals surface area contributed by atoms with Crippen molar-refractivity contribution in [3.63, 3.8) is 0 Å². The van der Waals surface area contributed by atoms with Crippen molar-refractivity contribution in [1.29, 1.82) is 5.26 Å². The van der Waals surface area contributed by atoms with Gasteiger partial charge in [-0.1, -0.05) is 29.8 Å². The lowest BCUT2D eigenvalue weighted by molar-refractivity contribution is -0.149. The van der Waals surface area contributed by atoms with E-state index in [1.54, 1.807) is 42.6 Å². The average Bonchev–Trinajstić information content (AvgIpc) is 3.53. The maximum absolute atomic E-state index is 14.7. The summed E-state index contributed by atoms with van der Waals surface area (Å²) in [4.78, 5) is 14.1. The fraction of sp³-hybridized carbons (Fsp3) is 0.161. The minimum atomic E-state index is -4.19. The van der Waals surface area contributed by atoms with Crippen molar-refractivity contribution in [2.75, 3.05) is 18.0 Å². The molecule has 0 spiro atoms. The van der Waals surface area contributed by atoms with Crippen LogP contribution in [0.5, 0.6) is 0 Å². The third-order valence-corrected chi connectivity index (χ3v) is 10.1. The van der Waals surface area contributed by atoms with Crippen LogP contribution in [0.4, 0.5) is 10.1 Å². The number of thiophene rings is 1. The third kappa shape index (κ3) is 4.29. The summed E-state index contributed by atoms with van der Waals surface area (Å²) in [7, 11) is -4.19. The number of fused-ring (bicyclic) bond motifs is 1. The van der Waals surface area contributed by atoms with E-state index in [-0.39, 0.29) is 10.4 Å². The Bertz CT molecular complexity index is 2000. The Morgan fingerprint density at radius 1 is 1.07 bits per heavy atom. The number of carboxylic acids is 1. The molecule has 0 radical (unpaired) electrons. The molecule has 5 aromatic rings. The molecular formula is C31H24FN3O4S2. The summed E-state index contributed by atoms with van der Waals surface area (Å²) in [5, 5.41) is 21.6. The molecule has 0 atom stereocenters. The van der Waals surface area contributed by atoms with Gasteiger partial charge < -0.3 is 10.0 Å². The molecule has 1 N–H and O–H groups in total. The van der Waals surface area contributed by atoms with Gasteiger partial charge >= 0.3 is 5.97 Å². The molecule has 1 aliphatic rings. The Hall–Kier alpha value is -4.46. The number of benzene rings is 3. The van der Waals surface area contributed by atoms with Gasteiger partial charge in [-0.25, -0.2) is 16.8 Å². The first kappa shape index (κ1) is 26.7. The minimum absolute atomic E-state index is 0.0686. The van der Waals surface area contributed by atoms with Gasteiger partial charge in [0.1, 0.15) is 16.8 Å². The number of anilines is 1. The molecule has 1 saturated heterocycles. The lowest BCUT2D eigenvalue weighted by atomic mass is 9.81. The molecule has 0 amide bonds. The molecule has 41 heavy (non-hydrogen) atoms. The summed E-state index contributed by atoms with van der Waals surface area (Å²) < 4.78 is 44.7. The number of carbonyl (C=O) groups is 1. The van der Waals surface area contributed by atoms with Gasteiger partial charge in [0.05, 0.1) is 21.5 Å². The Morgan fingerprint density at radius 3 is 2.49 bits per heavy atom. The van der Waals surface area contributed by atoms with Crippen LogP contribution in [-0.2, 0) is 14.8 Å². The van der Waals surface area contributed by atoms with Crippen LogP contribution in [0.3, 0.4) is 0 Å². The van der Waals surface area contributed by atoms with Crippen LogP contribution in [0.25, 0.3) is 33.3 Å². The lowest BCUT2D eigenvalue weighted by Crippen LogP contribution is -2.59. The SMILES string of the molecule is Cc1ccc(S(=O)(=O)n2c(-c3cccc(N4CC(C)(C(=O)O)C4)c3)c(-c3ccsc3C#N)c3cc(F)ccc32)cc1. The van der Waals surface area contributed by atoms with E-state index in [9.17, 15) is 28.0 Å². The number of aryl methyl sites for hydroxylation is 1. The second kappa shape index (κ2) is 9.58. The monoisotopic (exact) mass is 585 g/mol. The standard InChI is InChI=1S/C31H24FN3O4S2/c1-19-6-9-23(10-7-19)41(38,39)35-26-11-8-21(32)15-25(26)28(24-12-13-40-27(24)16-33)29(35)20-4-3-5-22(14-20)34-17-31(2,18-34)30(36)37/h3-15H,17-18H2,1-2H3,(H,36,37). The van der Waals surface area contributed by atoms with Crippen molar-refractivity contribution in [3.8, 4) is 28.5 Å². The van der Waals surface area contributed by atoms with Gasteiger partial charge in [0.25, 0.3) is 10.0 Å². The molecule has 3 heterocycles. The average molecular weight is 586 g/mol. The molecule has 3 aromatic carbocycles. The van der Waals surface area contributed by atoms with Crippen LogP contribution < -0.4 is 4.90 Å². The molecular weight excluding hydrogens is 561 g/mol. The van der Waals surface area contributed by atoms with E-state index in [0.717, 1.165) is 11.3 Å². The predicted octanol–water partition coefficient (Wildman–Crippen LogP) is 6.50. The maximum Gasteiger partial charge on any atom is 0.312 e. The number of halogens is 1. The first-order valence-corrected chi connectivity index (χ1v) is 15.1. The lowest BCUT2D eigenvalue weighted by Gasteiger charge is -2.46. The highest BCUT2D eigenvalue weighted by Gasteiger charge is 2.45. The second-order valence-corrected chi connectivity index (χ2v) is 13.2. The molecule has 0 saturated carbocycles. The van der Waals surface area contributed by atoms with Crippen LogP contribution >= 0.6 is 11.3 Å². The largest absolute Gasteiger partial charge is 0.481 e. The molecule has 0 unspecified atom stereocenters. The van der Waals surface area contributed by atoms with Crippen LogP contribution in [0, 0.1) is 29.5 Å². The summed E-state index contributed by atoms with van der Waals surface area (Å²) >= 11 is 1.22. The van der Waals surface area contributed by atoms with E-state index in [4.69, 9.17) is 0 Å². The topological polar surface area (TPSA) is 103 Å². The van der Waals surface area contributed by atoms with Crippen molar-refractivity contribution in [2.45, 2.75) is 18.7 Å². The van der Waals surface area contributed by atoms with E-state index in [2.05, 4.69) is 6.07 Å². The molecule has 2 aromatic heterocycles. The van der Waals surface area contributed by atoms with Crippen LogP contribution in [0.1, 0.15) is 17.4 Å². The minimum Gasteiger partial charge on any atom is -0.481 e.